The molecule has 3 nitrogen and oxygen atoms in total. The van der Waals surface area contributed by atoms with Crippen molar-refractivity contribution in [3.05, 3.63) is 0 Å². The summed E-state index contributed by atoms with van der Waals surface area (Å²) in [5.74, 6) is 1.49. The molecule has 0 aromatic carbocycles. The van der Waals surface area contributed by atoms with Crippen LogP contribution >= 0.6 is 0 Å². The predicted octanol–water partition coefficient (Wildman–Crippen LogP) is 3.28. The largest absolute Gasteiger partial charge is 0.380 e. The van der Waals surface area contributed by atoms with Gasteiger partial charge in [0.1, 0.15) is 0 Å². The van der Waals surface area contributed by atoms with Gasteiger partial charge in [0.2, 0.25) is 0 Å². The van der Waals surface area contributed by atoms with Crippen LogP contribution in [0.5, 0.6) is 0 Å². The third-order valence-corrected chi connectivity index (χ3v) is 6.58. The molecule has 0 spiro atoms. The van der Waals surface area contributed by atoms with E-state index in [-0.39, 0.29) is 0 Å². The molecule has 0 amide bonds. The first-order valence-electron chi connectivity index (χ1n) is 8.91. The number of nitrogens with zero attached hydrogens (tertiary/aromatic N) is 1. The Labute approximate surface area is 131 Å². The SMILES string of the molecule is CCC(C)(C)C1CCC(N)C(N2CCC(C)C(OC)C2)C1. The van der Waals surface area contributed by atoms with Gasteiger partial charge in [-0.3, -0.25) is 4.90 Å². The lowest BCUT2D eigenvalue weighted by atomic mass is 9.67. The van der Waals surface area contributed by atoms with E-state index in [1.165, 1.54) is 38.6 Å². The molecule has 1 aliphatic carbocycles. The van der Waals surface area contributed by atoms with Gasteiger partial charge in [-0.15, -0.1) is 0 Å². The third-order valence-electron chi connectivity index (χ3n) is 6.58. The van der Waals surface area contributed by atoms with Crippen LogP contribution in [-0.2, 0) is 4.74 Å². The van der Waals surface area contributed by atoms with Crippen LogP contribution in [-0.4, -0.2) is 43.3 Å². The summed E-state index contributed by atoms with van der Waals surface area (Å²) in [7, 11) is 1.86. The van der Waals surface area contributed by atoms with Crippen LogP contribution in [0.3, 0.4) is 0 Å². The van der Waals surface area contributed by atoms with Crippen LogP contribution in [0.2, 0.25) is 0 Å². The lowest BCUT2D eigenvalue weighted by Gasteiger charge is -2.48. The zero-order valence-corrected chi connectivity index (χ0v) is 14.8. The third kappa shape index (κ3) is 3.80. The lowest BCUT2D eigenvalue weighted by Crippen LogP contribution is -2.57. The van der Waals surface area contributed by atoms with Crippen molar-refractivity contribution < 1.29 is 4.74 Å². The standard InChI is InChI=1S/C18H36N2O/c1-6-18(3,4)14-7-8-15(19)16(11-14)20-10-9-13(2)17(12-20)21-5/h13-17H,6-12,19H2,1-5H3. The monoisotopic (exact) mass is 296 g/mol. The van der Waals surface area contributed by atoms with Gasteiger partial charge in [0.15, 0.2) is 0 Å². The van der Waals surface area contributed by atoms with Gasteiger partial charge in [-0.2, -0.15) is 0 Å². The van der Waals surface area contributed by atoms with Gasteiger partial charge in [0, 0.05) is 25.7 Å². The molecule has 124 valence electrons. The fourth-order valence-corrected chi connectivity index (χ4v) is 4.25. The first-order chi connectivity index (χ1) is 9.89. The first-order valence-corrected chi connectivity index (χ1v) is 8.91. The van der Waals surface area contributed by atoms with Gasteiger partial charge in [-0.05, 0) is 49.5 Å². The number of nitrogens with two attached hydrogens (primary N) is 1. The Balaban J connectivity index is 2.03. The fraction of sp³-hybridized carbons (Fsp3) is 1.00. The molecule has 2 aliphatic rings. The molecule has 0 aromatic heterocycles. The molecule has 1 saturated carbocycles. The maximum absolute atomic E-state index is 6.50. The van der Waals surface area contributed by atoms with Crippen molar-refractivity contribution in [2.24, 2.45) is 23.0 Å². The summed E-state index contributed by atoms with van der Waals surface area (Å²) in [4.78, 5) is 2.64. The highest BCUT2D eigenvalue weighted by Crippen LogP contribution is 2.42. The minimum absolute atomic E-state index is 0.347. The summed E-state index contributed by atoms with van der Waals surface area (Å²) in [5, 5.41) is 0. The zero-order valence-electron chi connectivity index (χ0n) is 14.8. The Hall–Kier alpha value is -0.120. The number of ether oxygens (including phenoxy) is 1. The number of hydrogen-bond donors (Lipinski definition) is 1. The van der Waals surface area contributed by atoms with E-state index in [4.69, 9.17) is 10.5 Å². The summed E-state index contributed by atoms with van der Waals surface area (Å²) in [6.45, 7) is 11.8. The van der Waals surface area contributed by atoms with E-state index >= 15 is 0 Å². The summed E-state index contributed by atoms with van der Waals surface area (Å²) >= 11 is 0. The van der Waals surface area contributed by atoms with Gasteiger partial charge in [-0.25, -0.2) is 0 Å². The van der Waals surface area contributed by atoms with E-state index in [1.807, 2.05) is 7.11 Å². The maximum Gasteiger partial charge on any atom is 0.0724 e. The highest BCUT2D eigenvalue weighted by Gasteiger charge is 2.40. The smallest absolute Gasteiger partial charge is 0.0724 e. The van der Waals surface area contributed by atoms with Crippen LogP contribution in [0.25, 0.3) is 0 Å². The van der Waals surface area contributed by atoms with Crippen molar-refractivity contribution in [1.82, 2.24) is 4.90 Å². The summed E-state index contributed by atoms with van der Waals surface area (Å²) in [5.41, 5.74) is 6.94. The topological polar surface area (TPSA) is 38.5 Å². The van der Waals surface area contributed by atoms with Crippen LogP contribution in [0.15, 0.2) is 0 Å². The second kappa shape index (κ2) is 6.97. The molecular formula is C18H36N2O. The van der Waals surface area contributed by atoms with E-state index < -0.39 is 0 Å². The maximum atomic E-state index is 6.50. The lowest BCUT2D eigenvalue weighted by molar-refractivity contribution is -0.0375. The second-order valence-corrected chi connectivity index (χ2v) is 8.12. The van der Waals surface area contributed by atoms with Crippen LogP contribution < -0.4 is 5.73 Å². The molecule has 0 radical (unpaired) electrons. The highest BCUT2D eigenvalue weighted by atomic mass is 16.5. The van der Waals surface area contributed by atoms with E-state index in [0.29, 0.717) is 29.5 Å². The minimum Gasteiger partial charge on any atom is -0.380 e. The molecule has 1 saturated heterocycles. The van der Waals surface area contributed by atoms with Crippen molar-refractivity contribution in [2.75, 3.05) is 20.2 Å². The van der Waals surface area contributed by atoms with Crippen LogP contribution in [0.4, 0.5) is 0 Å². The highest BCUT2D eigenvalue weighted by molar-refractivity contribution is 4.95. The predicted molar refractivity (Wildman–Crippen MR) is 89.3 cm³/mol. The quantitative estimate of drug-likeness (QED) is 0.865. The van der Waals surface area contributed by atoms with Crippen LogP contribution in [0, 0.1) is 17.3 Å². The summed E-state index contributed by atoms with van der Waals surface area (Å²) in [6, 6.07) is 0.902. The Morgan fingerprint density at radius 3 is 2.57 bits per heavy atom. The van der Waals surface area contributed by atoms with E-state index in [2.05, 4.69) is 32.6 Å². The number of methoxy groups -OCH3 is 1. The Kier molecular flexibility index (Phi) is 5.72. The number of hydrogen-bond acceptors (Lipinski definition) is 3. The molecular weight excluding hydrogens is 260 g/mol. The van der Waals surface area contributed by atoms with Crippen LogP contribution in [0.1, 0.15) is 59.8 Å². The fourth-order valence-electron chi connectivity index (χ4n) is 4.25. The van der Waals surface area contributed by atoms with E-state index in [1.54, 1.807) is 0 Å². The second-order valence-electron chi connectivity index (χ2n) is 8.12. The summed E-state index contributed by atoms with van der Waals surface area (Å²) in [6.07, 6.45) is 6.64. The Morgan fingerprint density at radius 2 is 1.95 bits per heavy atom. The number of likely N-dealkylation sites (tertiary alicyclic amines) is 1. The van der Waals surface area contributed by atoms with Gasteiger partial charge in [-0.1, -0.05) is 34.1 Å². The molecule has 5 unspecified atom stereocenters. The minimum atomic E-state index is 0.347. The van der Waals surface area contributed by atoms with Crippen molar-refractivity contribution in [3.8, 4) is 0 Å². The average molecular weight is 296 g/mol. The van der Waals surface area contributed by atoms with Crippen molar-refractivity contribution in [2.45, 2.75) is 78.0 Å². The molecule has 2 rings (SSSR count). The van der Waals surface area contributed by atoms with Crippen molar-refractivity contribution >= 4 is 0 Å². The van der Waals surface area contributed by atoms with E-state index in [9.17, 15) is 0 Å². The van der Waals surface area contributed by atoms with Crippen molar-refractivity contribution in [3.63, 3.8) is 0 Å². The molecule has 0 bridgehead atoms. The average Bonchev–Trinajstić information content (AvgIpc) is 2.48. The molecule has 2 N–H and O–H groups in total. The molecule has 1 aliphatic heterocycles. The number of piperidine rings is 1. The molecule has 3 heteroatoms. The number of rotatable bonds is 4. The normalized spacial score (nSPS) is 39.4. The molecule has 1 heterocycles. The molecule has 5 atom stereocenters. The summed E-state index contributed by atoms with van der Waals surface area (Å²) < 4.78 is 5.69. The molecule has 0 aromatic rings. The van der Waals surface area contributed by atoms with Gasteiger partial charge >= 0.3 is 0 Å². The van der Waals surface area contributed by atoms with Gasteiger partial charge in [0.05, 0.1) is 6.10 Å². The van der Waals surface area contributed by atoms with E-state index in [0.717, 1.165) is 12.5 Å². The zero-order chi connectivity index (χ0) is 15.6. The van der Waals surface area contributed by atoms with Gasteiger partial charge in [0.25, 0.3) is 0 Å². The molecule has 21 heavy (non-hydrogen) atoms. The molecule has 2 fully saturated rings. The first kappa shape index (κ1) is 17.2. The Bertz CT molecular complexity index is 331. The Morgan fingerprint density at radius 1 is 1.24 bits per heavy atom. The van der Waals surface area contributed by atoms with Crippen molar-refractivity contribution in [1.29, 1.82) is 0 Å². The van der Waals surface area contributed by atoms with Gasteiger partial charge < -0.3 is 10.5 Å².